The number of aryl methyl sites for hydroxylation is 2. The van der Waals surface area contributed by atoms with Crippen LogP contribution in [0.3, 0.4) is 0 Å². The zero-order chi connectivity index (χ0) is 13.0. The molecule has 2 N–H and O–H groups in total. The topological polar surface area (TPSA) is 43.8 Å². The maximum atomic E-state index is 5.78. The molecule has 0 saturated heterocycles. The fourth-order valence-electron chi connectivity index (χ4n) is 2.18. The van der Waals surface area contributed by atoms with Crippen LogP contribution in [0.1, 0.15) is 36.4 Å². The zero-order valence-corrected chi connectivity index (χ0v) is 11.2. The molecule has 2 rings (SSSR count). The Kier molecular flexibility index (Phi) is 4.15. The maximum absolute atomic E-state index is 5.78. The van der Waals surface area contributed by atoms with Crippen LogP contribution in [0, 0.1) is 0 Å². The van der Waals surface area contributed by atoms with Crippen molar-refractivity contribution in [2.24, 2.45) is 5.73 Å². The van der Waals surface area contributed by atoms with Crippen molar-refractivity contribution in [1.29, 1.82) is 0 Å². The van der Waals surface area contributed by atoms with Crippen LogP contribution in [0.2, 0.25) is 0 Å². The first kappa shape index (κ1) is 12.8. The van der Waals surface area contributed by atoms with Gasteiger partial charge < -0.3 is 5.73 Å². The minimum absolute atomic E-state index is 0.583. The van der Waals surface area contributed by atoms with Crippen LogP contribution in [0.15, 0.2) is 30.3 Å². The average molecular weight is 243 g/mol. The van der Waals surface area contributed by atoms with E-state index in [1.165, 1.54) is 16.8 Å². The van der Waals surface area contributed by atoms with Crippen LogP contribution in [-0.4, -0.2) is 9.78 Å². The van der Waals surface area contributed by atoms with Crippen LogP contribution >= 0.6 is 0 Å². The van der Waals surface area contributed by atoms with Crippen LogP contribution in [0.25, 0.3) is 0 Å². The minimum atomic E-state index is 0.583. The second kappa shape index (κ2) is 5.83. The van der Waals surface area contributed by atoms with Gasteiger partial charge in [-0.3, -0.25) is 4.68 Å². The highest BCUT2D eigenvalue weighted by Crippen LogP contribution is 2.13. The number of hydrogen-bond donors (Lipinski definition) is 1. The molecule has 0 aliphatic rings. The fraction of sp³-hybridized carbons (Fsp3) is 0.400. The van der Waals surface area contributed by atoms with E-state index < -0.39 is 0 Å². The highest BCUT2D eigenvalue weighted by Gasteiger charge is 2.07. The summed E-state index contributed by atoms with van der Waals surface area (Å²) < 4.78 is 2.10. The summed E-state index contributed by atoms with van der Waals surface area (Å²) in [7, 11) is 0. The van der Waals surface area contributed by atoms with E-state index in [1.54, 1.807) is 0 Å². The molecule has 1 aromatic carbocycles. The molecule has 0 fully saturated rings. The van der Waals surface area contributed by atoms with Crippen molar-refractivity contribution in [2.75, 3.05) is 0 Å². The third-order valence-electron chi connectivity index (χ3n) is 3.30. The van der Waals surface area contributed by atoms with Gasteiger partial charge in [-0.1, -0.05) is 38.1 Å². The first-order valence-electron chi connectivity index (χ1n) is 6.60. The average Bonchev–Trinajstić information content (AvgIpc) is 2.81. The Morgan fingerprint density at radius 2 is 1.83 bits per heavy atom. The normalized spacial score (nSPS) is 10.8. The molecule has 0 aliphatic carbocycles. The lowest BCUT2D eigenvalue weighted by atomic mass is 10.1. The van der Waals surface area contributed by atoms with E-state index in [2.05, 4.69) is 47.9 Å². The van der Waals surface area contributed by atoms with Crippen LogP contribution in [0.4, 0.5) is 0 Å². The summed E-state index contributed by atoms with van der Waals surface area (Å²) in [5, 5.41) is 4.65. The molecule has 0 radical (unpaired) electrons. The molecule has 0 unspecified atom stereocenters. The first-order chi connectivity index (χ1) is 8.78. The Morgan fingerprint density at radius 1 is 1.11 bits per heavy atom. The SMILES string of the molecule is CCc1cc(CC)n(Cc2ccccc2CN)n1. The van der Waals surface area contributed by atoms with E-state index in [0.29, 0.717) is 6.54 Å². The lowest BCUT2D eigenvalue weighted by molar-refractivity contribution is 0.636. The number of benzene rings is 1. The summed E-state index contributed by atoms with van der Waals surface area (Å²) in [6.45, 7) is 5.71. The smallest absolute Gasteiger partial charge is 0.0665 e. The van der Waals surface area contributed by atoms with Gasteiger partial charge in [0.2, 0.25) is 0 Å². The molecular formula is C15H21N3. The van der Waals surface area contributed by atoms with Crippen molar-refractivity contribution in [3.8, 4) is 0 Å². The summed E-state index contributed by atoms with van der Waals surface area (Å²) in [4.78, 5) is 0. The van der Waals surface area contributed by atoms with Crippen LogP contribution in [0.5, 0.6) is 0 Å². The third kappa shape index (κ3) is 2.62. The molecule has 0 saturated carbocycles. The quantitative estimate of drug-likeness (QED) is 0.877. The summed E-state index contributed by atoms with van der Waals surface area (Å²) >= 11 is 0. The molecule has 0 atom stereocenters. The summed E-state index contributed by atoms with van der Waals surface area (Å²) in [5.74, 6) is 0. The Hall–Kier alpha value is -1.61. The van der Waals surface area contributed by atoms with Crippen molar-refractivity contribution in [3.63, 3.8) is 0 Å². The van der Waals surface area contributed by atoms with Gasteiger partial charge in [-0.2, -0.15) is 5.10 Å². The second-order valence-corrected chi connectivity index (χ2v) is 4.46. The lowest BCUT2D eigenvalue weighted by Crippen LogP contribution is -2.09. The van der Waals surface area contributed by atoms with Gasteiger partial charge in [-0.15, -0.1) is 0 Å². The molecule has 1 aromatic heterocycles. The van der Waals surface area contributed by atoms with Gasteiger partial charge in [0.25, 0.3) is 0 Å². The third-order valence-corrected chi connectivity index (χ3v) is 3.30. The first-order valence-corrected chi connectivity index (χ1v) is 6.60. The molecule has 0 aliphatic heterocycles. The molecule has 0 amide bonds. The molecule has 96 valence electrons. The van der Waals surface area contributed by atoms with Crippen LogP contribution in [-0.2, 0) is 25.9 Å². The fourth-order valence-corrected chi connectivity index (χ4v) is 2.18. The van der Waals surface area contributed by atoms with Crippen molar-refractivity contribution in [2.45, 2.75) is 39.8 Å². The minimum Gasteiger partial charge on any atom is -0.326 e. The van der Waals surface area contributed by atoms with Gasteiger partial charge in [0, 0.05) is 12.2 Å². The van der Waals surface area contributed by atoms with Gasteiger partial charge in [0.05, 0.1) is 12.2 Å². The van der Waals surface area contributed by atoms with Gasteiger partial charge >= 0.3 is 0 Å². The summed E-state index contributed by atoms with van der Waals surface area (Å²) in [5.41, 5.74) is 10.7. The van der Waals surface area contributed by atoms with Crippen molar-refractivity contribution < 1.29 is 0 Å². The predicted molar refractivity (Wildman–Crippen MR) is 74.4 cm³/mol. The molecule has 0 bridgehead atoms. The van der Waals surface area contributed by atoms with Gasteiger partial charge in [-0.25, -0.2) is 0 Å². The molecule has 2 aromatic rings. The number of aromatic nitrogens is 2. The number of nitrogens with two attached hydrogens (primary N) is 1. The largest absolute Gasteiger partial charge is 0.326 e. The number of rotatable bonds is 5. The Labute approximate surface area is 109 Å². The van der Waals surface area contributed by atoms with Gasteiger partial charge in [0.1, 0.15) is 0 Å². The maximum Gasteiger partial charge on any atom is 0.0665 e. The Bertz CT molecular complexity index is 514. The van der Waals surface area contributed by atoms with E-state index in [0.717, 1.165) is 25.1 Å². The Morgan fingerprint density at radius 3 is 2.44 bits per heavy atom. The lowest BCUT2D eigenvalue weighted by Gasteiger charge is -2.10. The zero-order valence-electron chi connectivity index (χ0n) is 11.2. The molecule has 3 heteroatoms. The van der Waals surface area contributed by atoms with Crippen molar-refractivity contribution in [3.05, 3.63) is 52.8 Å². The van der Waals surface area contributed by atoms with E-state index in [4.69, 9.17) is 5.73 Å². The summed E-state index contributed by atoms with van der Waals surface area (Å²) in [6, 6.07) is 10.5. The van der Waals surface area contributed by atoms with E-state index in [1.807, 2.05) is 6.07 Å². The van der Waals surface area contributed by atoms with E-state index in [9.17, 15) is 0 Å². The number of hydrogen-bond acceptors (Lipinski definition) is 2. The van der Waals surface area contributed by atoms with Crippen molar-refractivity contribution in [1.82, 2.24) is 9.78 Å². The monoisotopic (exact) mass is 243 g/mol. The molecule has 0 spiro atoms. The second-order valence-electron chi connectivity index (χ2n) is 4.46. The predicted octanol–water partition coefficient (Wildman–Crippen LogP) is 2.51. The summed E-state index contributed by atoms with van der Waals surface area (Å²) in [6.07, 6.45) is 2.00. The molecular weight excluding hydrogens is 222 g/mol. The van der Waals surface area contributed by atoms with Gasteiger partial charge in [-0.05, 0) is 30.0 Å². The van der Waals surface area contributed by atoms with Crippen LogP contribution < -0.4 is 5.73 Å². The van der Waals surface area contributed by atoms with E-state index >= 15 is 0 Å². The van der Waals surface area contributed by atoms with E-state index in [-0.39, 0.29) is 0 Å². The van der Waals surface area contributed by atoms with Crippen molar-refractivity contribution >= 4 is 0 Å². The highest BCUT2D eigenvalue weighted by atomic mass is 15.3. The molecule has 3 nitrogen and oxygen atoms in total. The van der Waals surface area contributed by atoms with Gasteiger partial charge in [0.15, 0.2) is 0 Å². The Balaban J connectivity index is 2.30. The molecule has 18 heavy (non-hydrogen) atoms. The number of nitrogens with zero attached hydrogens (tertiary/aromatic N) is 2. The standard InChI is InChI=1S/C15H21N3/c1-3-14-9-15(4-2)18(17-14)11-13-8-6-5-7-12(13)10-16/h5-9H,3-4,10-11,16H2,1-2H3. The molecule has 1 heterocycles. The highest BCUT2D eigenvalue weighted by molar-refractivity contribution is 5.27.